The van der Waals surface area contributed by atoms with Crippen molar-refractivity contribution in [2.24, 2.45) is 0 Å². The second kappa shape index (κ2) is 6.00. The molecule has 0 radical (unpaired) electrons. The van der Waals surface area contributed by atoms with Crippen LogP contribution in [0.15, 0.2) is 24.3 Å². The van der Waals surface area contributed by atoms with Crippen LogP contribution in [0.4, 0.5) is 5.69 Å². The first-order valence-corrected chi connectivity index (χ1v) is 5.29. The number of nitrogens with zero attached hydrogens (tertiary/aromatic N) is 1. The van der Waals surface area contributed by atoms with Gasteiger partial charge in [0.1, 0.15) is 5.75 Å². The Balaban J connectivity index is 2.63. The molecule has 0 aliphatic carbocycles. The molecule has 4 nitrogen and oxygen atoms in total. The van der Waals surface area contributed by atoms with Gasteiger partial charge in [-0.15, -0.1) is 0 Å². The topological polar surface area (TPSA) is 49.8 Å². The van der Waals surface area contributed by atoms with Gasteiger partial charge in [-0.05, 0) is 19.1 Å². The lowest BCUT2D eigenvalue weighted by Gasteiger charge is -2.18. The Kier molecular flexibility index (Phi) is 4.64. The van der Waals surface area contributed by atoms with E-state index in [1.807, 2.05) is 43.1 Å². The Bertz CT molecular complexity index is 352. The minimum Gasteiger partial charge on any atom is -0.494 e. The van der Waals surface area contributed by atoms with E-state index in [4.69, 9.17) is 9.84 Å². The van der Waals surface area contributed by atoms with Gasteiger partial charge in [0.05, 0.1) is 13.0 Å². The van der Waals surface area contributed by atoms with Crippen molar-refractivity contribution in [2.45, 2.75) is 13.3 Å². The molecule has 0 saturated heterocycles. The highest BCUT2D eigenvalue weighted by atomic mass is 16.5. The highest BCUT2D eigenvalue weighted by Gasteiger charge is 2.04. The minimum absolute atomic E-state index is 0.134. The molecule has 0 aliphatic rings. The summed E-state index contributed by atoms with van der Waals surface area (Å²) >= 11 is 0. The number of ether oxygens (including phenoxy) is 1. The maximum atomic E-state index is 10.5. The summed E-state index contributed by atoms with van der Waals surface area (Å²) in [6, 6.07) is 7.63. The molecule has 1 N–H and O–H groups in total. The number of anilines is 1. The van der Waals surface area contributed by atoms with Crippen molar-refractivity contribution >= 4 is 11.7 Å². The van der Waals surface area contributed by atoms with Crippen LogP contribution in [0.5, 0.6) is 5.75 Å². The van der Waals surface area contributed by atoms with Crippen LogP contribution in [0.3, 0.4) is 0 Å². The molecular formula is C12H17NO3. The largest absolute Gasteiger partial charge is 0.494 e. The summed E-state index contributed by atoms with van der Waals surface area (Å²) in [6.45, 7) is 3.05. The number of aliphatic carboxylic acids is 1. The van der Waals surface area contributed by atoms with Crippen molar-refractivity contribution in [2.75, 3.05) is 25.1 Å². The summed E-state index contributed by atoms with van der Waals surface area (Å²) in [6.07, 6.45) is 0.134. The van der Waals surface area contributed by atoms with E-state index < -0.39 is 5.97 Å². The standard InChI is InChI=1S/C12H17NO3/c1-3-16-11-6-4-5-10(9-11)13(2)8-7-12(14)15/h4-6,9H,3,7-8H2,1-2H3,(H,14,15). The fraction of sp³-hybridized carbons (Fsp3) is 0.417. The van der Waals surface area contributed by atoms with E-state index in [0.29, 0.717) is 13.2 Å². The molecule has 0 amide bonds. The van der Waals surface area contributed by atoms with Crippen molar-refractivity contribution in [1.29, 1.82) is 0 Å². The molecule has 0 saturated carbocycles. The van der Waals surface area contributed by atoms with E-state index in [0.717, 1.165) is 11.4 Å². The first kappa shape index (κ1) is 12.4. The first-order chi connectivity index (χ1) is 7.63. The average molecular weight is 223 g/mol. The Morgan fingerprint density at radius 2 is 2.25 bits per heavy atom. The molecule has 1 rings (SSSR count). The molecule has 1 aromatic carbocycles. The highest BCUT2D eigenvalue weighted by Crippen LogP contribution is 2.20. The van der Waals surface area contributed by atoms with Crippen LogP contribution in [0, 0.1) is 0 Å². The lowest BCUT2D eigenvalue weighted by atomic mass is 10.2. The van der Waals surface area contributed by atoms with Crippen LogP contribution < -0.4 is 9.64 Å². The summed E-state index contributed by atoms with van der Waals surface area (Å²) in [7, 11) is 1.87. The van der Waals surface area contributed by atoms with Gasteiger partial charge in [-0.25, -0.2) is 0 Å². The predicted molar refractivity (Wildman–Crippen MR) is 63.1 cm³/mol. The molecule has 4 heteroatoms. The highest BCUT2D eigenvalue weighted by molar-refractivity contribution is 5.67. The maximum absolute atomic E-state index is 10.5. The zero-order chi connectivity index (χ0) is 12.0. The van der Waals surface area contributed by atoms with Crippen LogP contribution >= 0.6 is 0 Å². The number of carboxylic acid groups (broad SMARTS) is 1. The van der Waals surface area contributed by atoms with Crippen molar-refractivity contribution in [3.8, 4) is 5.75 Å². The number of hydrogen-bond acceptors (Lipinski definition) is 3. The molecule has 0 spiro atoms. The Morgan fingerprint density at radius 1 is 1.50 bits per heavy atom. The number of carbonyl (C=O) groups is 1. The van der Waals surface area contributed by atoms with E-state index in [2.05, 4.69) is 0 Å². The molecule has 0 bridgehead atoms. The van der Waals surface area contributed by atoms with Gasteiger partial charge in [0.15, 0.2) is 0 Å². The van der Waals surface area contributed by atoms with Crippen LogP contribution in [0.25, 0.3) is 0 Å². The molecule has 0 unspecified atom stereocenters. The molecule has 0 fully saturated rings. The van der Waals surface area contributed by atoms with Crippen LogP contribution in [-0.2, 0) is 4.79 Å². The average Bonchev–Trinajstić information content (AvgIpc) is 2.26. The second-order valence-corrected chi connectivity index (χ2v) is 3.50. The molecule has 0 atom stereocenters. The van der Waals surface area contributed by atoms with E-state index in [1.54, 1.807) is 0 Å². The summed E-state index contributed by atoms with van der Waals surface area (Å²) in [5.41, 5.74) is 0.965. The Labute approximate surface area is 95.5 Å². The zero-order valence-electron chi connectivity index (χ0n) is 9.64. The maximum Gasteiger partial charge on any atom is 0.305 e. The zero-order valence-corrected chi connectivity index (χ0v) is 9.64. The molecule has 88 valence electrons. The van der Waals surface area contributed by atoms with Crippen molar-refractivity contribution in [3.05, 3.63) is 24.3 Å². The fourth-order valence-corrected chi connectivity index (χ4v) is 1.37. The first-order valence-electron chi connectivity index (χ1n) is 5.29. The molecule has 0 aromatic heterocycles. The van der Waals surface area contributed by atoms with Gasteiger partial charge in [-0.1, -0.05) is 6.07 Å². The molecule has 1 aromatic rings. The van der Waals surface area contributed by atoms with Crippen molar-refractivity contribution in [3.63, 3.8) is 0 Å². The number of carboxylic acids is 1. The molecular weight excluding hydrogens is 206 g/mol. The van der Waals surface area contributed by atoms with Gasteiger partial charge in [0, 0.05) is 25.3 Å². The third-order valence-corrected chi connectivity index (χ3v) is 2.23. The second-order valence-electron chi connectivity index (χ2n) is 3.50. The SMILES string of the molecule is CCOc1cccc(N(C)CCC(=O)O)c1. The van der Waals surface area contributed by atoms with Gasteiger partial charge < -0.3 is 14.7 Å². The van der Waals surface area contributed by atoms with Gasteiger partial charge in [0.2, 0.25) is 0 Å². The third kappa shape index (κ3) is 3.81. The number of benzene rings is 1. The van der Waals surface area contributed by atoms with Gasteiger partial charge in [0.25, 0.3) is 0 Å². The summed E-state index contributed by atoms with van der Waals surface area (Å²) in [5.74, 6) is 0.0231. The van der Waals surface area contributed by atoms with E-state index in [1.165, 1.54) is 0 Å². The lowest BCUT2D eigenvalue weighted by Crippen LogP contribution is -2.20. The normalized spacial score (nSPS) is 9.88. The predicted octanol–water partition coefficient (Wildman–Crippen LogP) is 2.00. The smallest absolute Gasteiger partial charge is 0.305 e. The Hall–Kier alpha value is -1.71. The molecule has 0 heterocycles. The minimum atomic E-state index is -0.784. The molecule has 16 heavy (non-hydrogen) atoms. The summed E-state index contributed by atoms with van der Waals surface area (Å²) < 4.78 is 5.38. The van der Waals surface area contributed by atoms with Gasteiger partial charge in [-0.2, -0.15) is 0 Å². The van der Waals surface area contributed by atoms with Gasteiger partial charge in [-0.3, -0.25) is 4.79 Å². The summed E-state index contributed by atoms with van der Waals surface area (Å²) in [5, 5.41) is 8.60. The van der Waals surface area contributed by atoms with Crippen LogP contribution in [-0.4, -0.2) is 31.3 Å². The van der Waals surface area contributed by atoms with Crippen molar-refractivity contribution < 1.29 is 14.6 Å². The van der Waals surface area contributed by atoms with Crippen LogP contribution in [0.1, 0.15) is 13.3 Å². The monoisotopic (exact) mass is 223 g/mol. The van der Waals surface area contributed by atoms with Crippen LogP contribution in [0.2, 0.25) is 0 Å². The van der Waals surface area contributed by atoms with Crippen molar-refractivity contribution in [1.82, 2.24) is 0 Å². The van der Waals surface area contributed by atoms with E-state index >= 15 is 0 Å². The number of hydrogen-bond donors (Lipinski definition) is 1. The van der Waals surface area contributed by atoms with E-state index in [-0.39, 0.29) is 6.42 Å². The number of rotatable bonds is 6. The lowest BCUT2D eigenvalue weighted by molar-refractivity contribution is -0.136. The van der Waals surface area contributed by atoms with Gasteiger partial charge >= 0.3 is 5.97 Å². The van der Waals surface area contributed by atoms with E-state index in [9.17, 15) is 4.79 Å². The Morgan fingerprint density at radius 3 is 2.88 bits per heavy atom. The third-order valence-electron chi connectivity index (χ3n) is 2.23. The summed E-state index contributed by atoms with van der Waals surface area (Å²) in [4.78, 5) is 12.4. The quantitative estimate of drug-likeness (QED) is 0.801. The molecule has 0 aliphatic heterocycles. The fourth-order valence-electron chi connectivity index (χ4n) is 1.37.